The van der Waals surface area contributed by atoms with Crippen LogP contribution in [0, 0.1) is 0 Å². The maximum absolute atomic E-state index is 12.1. The number of carbonyl (C=O) groups is 2. The number of amides is 1. The van der Waals surface area contributed by atoms with E-state index in [1.54, 1.807) is 17.0 Å². The minimum Gasteiger partial charge on any atom is -0.507 e. The van der Waals surface area contributed by atoms with E-state index in [0.717, 1.165) is 6.42 Å². The monoisotopic (exact) mass is 307 g/mol. The van der Waals surface area contributed by atoms with Crippen molar-refractivity contribution in [2.24, 2.45) is 0 Å². The summed E-state index contributed by atoms with van der Waals surface area (Å²) in [5, 5.41) is 9.64. The van der Waals surface area contributed by atoms with Crippen molar-refractivity contribution in [2.45, 2.75) is 25.8 Å². The molecule has 1 amide bonds. The lowest BCUT2D eigenvalue weighted by atomic mass is 10.2. The number of ether oxygens (including phenoxy) is 2. The normalized spacial score (nSPS) is 18.0. The van der Waals surface area contributed by atoms with E-state index in [4.69, 9.17) is 9.47 Å². The van der Waals surface area contributed by atoms with Gasteiger partial charge in [0.2, 0.25) is 5.91 Å². The van der Waals surface area contributed by atoms with Crippen LogP contribution in [-0.2, 0) is 9.53 Å². The highest BCUT2D eigenvalue weighted by Crippen LogP contribution is 2.26. The van der Waals surface area contributed by atoms with Gasteiger partial charge >= 0.3 is 0 Å². The van der Waals surface area contributed by atoms with Gasteiger partial charge in [-0.25, -0.2) is 0 Å². The van der Waals surface area contributed by atoms with Crippen LogP contribution in [0.5, 0.6) is 11.5 Å². The van der Waals surface area contributed by atoms with Crippen LogP contribution in [-0.4, -0.2) is 54.6 Å². The number of aromatic hydroxyl groups is 1. The summed E-state index contributed by atoms with van der Waals surface area (Å²) in [4.78, 5) is 24.9. The molecular weight excluding hydrogens is 286 g/mol. The van der Waals surface area contributed by atoms with Crippen molar-refractivity contribution in [3.05, 3.63) is 23.8 Å². The Kier molecular flexibility index (Phi) is 5.77. The third kappa shape index (κ3) is 3.76. The minimum absolute atomic E-state index is 0.0888. The van der Waals surface area contributed by atoms with Gasteiger partial charge in [-0.05, 0) is 18.6 Å². The van der Waals surface area contributed by atoms with Crippen LogP contribution in [0.15, 0.2) is 18.2 Å². The number of rotatable bonds is 6. The largest absolute Gasteiger partial charge is 0.507 e. The molecule has 22 heavy (non-hydrogen) atoms. The second-order valence-corrected chi connectivity index (χ2v) is 5.18. The highest BCUT2D eigenvalue weighted by atomic mass is 16.5. The molecule has 1 aromatic rings. The lowest BCUT2D eigenvalue weighted by Crippen LogP contribution is -2.51. The minimum atomic E-state index is -0.186. The highest BCUT2D eigenvalue weighted by Gasteiger charge is 2.27. The molecule has 0 bridgehead atoms. The van der Waals surface area contributed by atoms with Crippen molar-refractivity contribution in [1.29, 1.82) is 0 Å². The lowest BCUT2D eigenvalue weighted by molar-refractivity contribution is -0.141. The van der Waals surface area contributed by atoms with Crippen molar-refractivity contribution < 1.29 is 24.2 Å². The Morgan fingerprint density at radius 1 is 1.55 bits per heavy atom. The molecule has 1 aliphatic rings. The van der Waals surface area contributed by atoms with Crippen molar-refractivity contribution in [3.8, 4) is 11.5 Å². The molecule has 2 rings (SSSR count). The van der Waals surface area contributed by atoms with Gasteiger partial charge in [0.1, 0.15) is 18.1 Å². The zero-order chi connectivity index (χ0) is 15.9. The molecule has 1 saturated heterocycles. The molecule has 1 unspecified atom stereocenters. The summed E-state index contributed by atoms with van der Waals surface area (Å²) in [6, 6.07) is 4.47. The summed E-state index contributed by atoms with van der Waals surface area (Å²) in [5.41, 5.74) is 0.116. The first-order valence-electron chi connectivity index (χ1n) is 7.44. The molecule has 120 valence electrons. The summed E-state index contributed by atoms with van der Waals surface area (Å²) >= 11 is 0. The maximum atomic E-state index is 12.1. The fraction of sp³-hybridized carbons (Fsp3) is 0.500. The molecule has 1 aromatic carbocycles. The number of nitrogens with zero attached hydrogens (tertiary/aromatic N) is 1. The quantitative estimate of drug-likeness (QED) is 0.808. The first-order chi connectivity index (χ1) is 10.7. The van der Waals surface area contributed by atoms with E-state index >= 15 is 0 Å². The van der Waals surface area contributed by atoms with E-state index in [2.05, 4.69) is 0 Å². The number of phenolic OH excluding ortho intramolecular Hbond substituents is 1. The molecular formula is C16H21NO5. The Bertz CT molecular complexity index is 531. The van der Waals surface area contributed by atoms with Gasteiger partial charge in [0.15, 0.2) is 6.29 Å². The molecule has 0 spiro atoms. The molecule has 1 N–H and O–H groups in total. The second kappa shape index (κ2) is 7.79. The third-order valence-electron chi connectivity index (χ3n) is 3.60. The van der Waals surface area contributed by atoms with Gasteiger partial charge in [0.05, 0.1) is 24.8 Å². The van der Waals surface area contributed by atoms with Gasteiger partial charge in [-0.1, -0.05) is 13.0 Å². The molecule has 1 aliphatic heterocycles. The van der Waals surface area contributed by atoms with E-state index in [0.29, 0.717) is 38.2 Å². The van der Waals surface area contributed by atoms with Crippen LogP contribution < -0.4 is 4.74 Å². The van der Waals surface area contributed by atoms with Crippen LogP contribution >= 0.6 is 0 Å². The van der Waals surface area contributed by atoms with E-state index in [1.807, 2.05) is 6.92 Å². The predicted octanol–water partition coefficient (Wildman–Crippen LogP) is 1.61. The van der Waals surface area contributed by atoms with Crippen LogP contribution in [0.2, 0.25) is 0 Å². The average molecular weight is 307 g/mol. The Hall–Kier alpha value is -2.08. The third-order valence-corrected chi connectivity index (χ3v) is 3.60. The summed E-state index contributed by atoms with van der Waals surface area (Å²) < 4.78 is 11.1. The number of hydrogen-bond donors (Lipinski definition) is 1. The number of aldehydes is 1. The molecule has 0 aliphatic carbocycles. The standard InChI is InChI=1S/C16H21NO5/c1-2-4-16(20)17-7-8-21-10-12(17)11-22-15-6-3-5-14(19)13(15)9-18/h3,5-6,9,12,19H,2,4,7-8,10-11H2,1H3. The summed E-state index contributed by atoms with van der Waals surface area (Å²) in [5.74, 6) is 0.278. The van der Waals surface area contributed by atoms with Gasteiger partial charge in [-0.3, -0.25) is 9.59 Å². The fourth-order valence-corrected chi connectivity index (χ4v) is 2.44. The fourth-order valence-electron chi connectivity index (χ4n) is 2.44. The van der Waals surface area contributed by atoms with Gasteiger partial charge in [0.25, 0.3) is 0 Å². The first kappa shape index (κ1) is 16.3. The van der Waals surface area contributed by atoms with Crippen LogP contribution in [0.4, 0.5) is 0 Å². The Morgan fingerprint density at radius 2 is 2.36 bits per heavy atom. The summed E-state index contributed by atoms with van der Waals surface area (Å²) in [6.45, 7) is 3.67. The van der Waals surface area contributed by atoms with Crippen LogP contribution in [0.3, 0.4) is 0 Å². The highest BCUT2D eigenvalue weighted by molar-refractivity contribution is 5.83. The van der Waals surface area contributed by atoms with Gasteiger partial charge in [0, 0.05) is 13.0 Å². The number of hydrogen-bond acceptors (Lipinski definition) is 5. The molecule has 1 fully saturated rings. The predicted molar refractivity (Wildman–Crippen MR) is 80.2 cm³/mol. The number of benzene rings is 1. The smallest absolute Gasteiger partial charge is 0.223 e. The van der Waals surface area contributed by atoms with Gasteiger partial charge in [-0.2, -0.15) is 0 Å². The van der Waals surface area contributed by atoms with Crippen LogP contribution in [0.1, 0.15) is 30.1 Å². The average Bonchev–Trinajstić information content (AvgIpc) is 2.53. The van der Waals surface area contributed by atoms with Crippen molar-refractivity contribution in [1.82, 2.24) is 4.90 Å². The number of morpholine rings is 1. The summed E-state index contributed by atoms with van der Waals surface area (Å²) in [7, 11) is 0. The molecule has 6 nitrogen and oxygen atoms in total. The Labute approximate surface area is 129 Å². The van der Waals surface area contributed by atoms with Crippen molar-refractivity contribution in [3.63, 3.8) is 0 Å². The van der Waals surface area contributed by atoms with E-state index in [9.17, 15) is 14.7 Å². The van der Waals surface area contributed by atoms with E-state index in [1.165, 1.54) is 6.07 Å². The Morgan fingerprint density at radius 3 is 3.09 bits per heavy atom. The Balaban J connectivity index is 2.04. The number of phenols is 1. The van der Waals surface area contributed by atoms with Crippen molar-refractivity contribution >= 4 is 12.2 Å². The van der Waals surface area contributed by atoms with Crippen molar-refractivity contribution in [2.75, 3.05) is 26.4 Å². The molecule has 1 heterocycles. The molecule has 6 heteroatoms. The first-order valence-corrected chi connectivity index (χ1v) is 7.44. The summed E-state index contributed by atoms with van der Waals surface area (Å²) in [6.07, 6.45) is 1.86. The topological polar surface area (TPSA) is 76.1 Å². The SMILES string of the molecule is CCCC(=O)N1CCOCC1COc1cccc(O)c1C=O. The van der Waals surface area contributed by atoms with E-state index in [-0.39, 0.29) is 29.9 Å². The van der Waals surface area contributed by atoms with Gasteiger partial charge < -0.3 is 19.5 Å². The molecule has 0 aromatic heterocycles. The van der Waals surface area contributed by atoms with Crippen LogP contribution in [0.25, 0.3) is 0 Å². The molecule has 1 atom stereocenters. The zero-order valence-corrected chi connectivity index (χ0v) is 12.7. The number of carbonyl (C=O) groups excluding carboxylic acids is 2. The van der Waals surface area contributed by atoms with Gasteiger partial charge in [-0.15, -0.1) is 0 Å². The molecule has 0 saturated carbocycles. The maximum Gasteiger partial charge on any atom is 0.223 e. The zero-order valence-electron chi connectivity index (χ0n) is 12.7. The molecule has 0 radical (unpaired) electrons. The lowest BCUT2D eigenvalue weighted by Gasteiger charge is -2.35. The second-order valence-electron chi connectivity index (χ2n) is 5.18. The van der Waals surface area contributed by atoms with E-state index < -0.39 is 0 Å².